The van der Waals surface area contributed by atoms with Crippen molar-refractivity contribution in [3.8, 4) is 0 Å². The Morgan fingerprint density at radius 1 is 1.35 bits per heavy atom. The minimum atomic E-state index is -0.190. The van der Waals surface area contributed by atoms with E-state index in [9.17, 15) is 9.59 Å². The van der Waals surface area contributed by atoms with Crippen molar-refractivity contribution in [2.24, 2.45) is 5.92 Å². The fourth-order valence-corrected chi connectivity index (χ4v) is 3.49. The van der Waals surface area contributed by atoms with Crippen LogP contribution >= 0.6 is 0 Å². The molecule has 124 valence electrons. The Bertz CT molecular complexity index is 600. The van der Waals surface area contributed by atoms with E-state index in [2.05, 4.69) is 5.32 Å². The van der Waals surface area contributed by atoms with Gasteiger partial charge in [-0.15, -0.1) is 0 Å². The standard InChI is InChI=1S/C18H24N2O3/c1-2-23-18(22)13-6-5-11-20(12-13)17(21)15-7-3-9-16-14(15)8-4-10-19-16/h3,7,9,13,19H,2,4-6,8,10-12H2,1H3. The lowest BCUT2D eigenvalue weighted by atomic mass is 9.94. The van der Waals surface area contributed by atoms with Crippen molar-refractivity contribution >= 4 is 17.6 Å². The first-order chi connectivity index (χ1) is 11.2. The number of piperidine rings is 1. The molecule has 0 bridgehead atoms. The van der Waals surface area contributed by atoms with Crippen LogP contribution in [0.4, 0.5) is 5.69 Å². The first-order valence-electron chi connectivity index (χ1n) is 8.52. The highest BCUT2D eigenvalue weighted by Gasteiger charge is 2.31. The fraction of sp³-hybridized carbons (Fsp3) is 0.556. The van der Waals surface area contributed by atoms with E-state index in [1.54, 1.807) is 0 Å². The van der Waals surface area contributed by atoms with Gasteiger partial charge >= 0.3 is 5.97 Å². The third-order valence-electron chi connectivity index (χ3n) is 4.65. The highest BCUT2D eigenvalue weighted by Crippen LogP contribution is 2.28. The average molecular weight is 316 g/mol. The molecule has 0 radical (unpaired) electrons. The Balaban J connectivity index is 1.76. The maximum atomic E-state index is 12.9. The number of anilines is 1. The number of hydrogen-bond donors (Lipinski definition) is 1. The van der Waals surface area contributed by atoms with Crippen LogP contribution in [0, 0.1) is 5.92 Å². The lowest BCUT2D eigenvalue weighted by Gasteiger charge is -2.32. The quantitative estimate of drug-likeness (QED) is 0.870. The van der Waals surface area contributed by atoms with Crippen LogP contribution in [0.5, 0.6) is 0 Å². The number of esters is 1. The Morgan fingerprint density at radius 2 is 2.22 bits per heavy atom. The normalized spacial score (nSPS) is 20.4. The summed E-state index contributed by atoms with van der Waals surface area (Å²) in [7, 11) is 0. The van der Waals surface area contributed by atoms with E-state index in [1.807, 2.05) is 30.0 Å². The summed E-state index contributed by atoms with van der Waals surface area (Å²) in [4.78, 5) is 26.7. The van der Waals surface area contributed by atoms with Gasteiger partial charge in [-0.05, 0) is 50.3 Å². The SMILES string of the molecule is CCOC(=O)C1CCCN(C(=O)c2cccc3c2CCCN3)C1. The number of nitrogens with one attached hydrogen (secondary N) is 1. The summed E-state index contributed by atoms with van der Waals surface area (Å²) in [6.07, 6.45) is 3.63. The van der Waals surface area contributed by atoms with Crippen LogP contribution in [0.1, 0.15) is 42.1 Å². The number of hydrogen-bond acceptors (Lipinski definition) is 4. The second-order valence-corrected chi connectivity index (χ2v) is 6.20. The molecule has 3 rings (SSSR count). The van der Waals surface area contributed by atoms with Crippen LogP contribution in [-0.4, -0.2) is 43.0 Å². The summed E-state index contributed by atoms with van der Waals surface area (Å²) < 4.78 is 5.12. The molecule has 1 N–H and O–H groups in total. The molecule has 0 aromatic heterocycles. The summed E-state index contributed by atoms with van der Waals surface area (Å²) in [5.74, 6) is -0.327. The van der Waals surface area contributed by atoms with Gasteiger partial charge in [-0.3, -0.25) is 9.59 Å². The molecule has 1 amide bonds. The van der Waals surface area contributed by atoms with Crippen molar-refractivity contribution in [3.05, 3.63) is 29.3 Å². The monoisotopic (exact) mass is 316 g/mol. The number of amides is 1. The lowest BCUT2D eigenvalue weighted by Crippen LogP contribution is -2.43. The van der Waals surface area contributed by atoms with Gasteiger partial charge in [0.25, 0.3) is 5.91 Å². The maximum absolute atomic E-state index is 12.9. The van der Waals surface area contributed by atoms with Gasteiger partial charge in [0, 0.05) is 30.9 Å². The molecule has 1 saturated heterocycles. The van der Waals surface area contributed by atoms with Gasteiger partial charge in [0.2, 0.25) is 0 Å². The Morgan fingerprint density at radius 3 is 3.04 bits per heavy atom. The first kappa shape index (κ1) is 15.8. The molecule has 2 aliphatic heterocycles. The van der Waals surface area contributed by atoms with E-state index in [-0.39, 0.29) is 17.8 Å². The van der Waals surface area contributed by atoms with Crippen molar-refractivity contribution in [1.29, 1.82) is 0 Å². The average Bonchev–Trinajstić information content (AvgIpc) is 2.61. The Labute approximate surface area is 137 Å². The number of rotatable bonds is 3. The molecule has 2 heterocycles. The van der Waals surface area contributed by atoms with Crippen LogP contribution in [0.2, 0.25) is 0 Å². The van der Waals surface area contributed by atoms with E-state index < -0.39 is 0 Å². The third kappa shape index (κ3) is 3.33. The number of ether oxygens (including phenoxy) is 1. The molecule has 0 saturated carbocycles. The molecule has 5 nitrogen and oxygen atoms in total. The fourth-order valence-electron chi connectivity index (χ4n) is 3.49. The molecule has 1 fully saturated rings. The van der Waals surface area contributed by atoms with Crippen LogP contribution in [-0.2, 0) is 16.0 Å². The van der Waals surface area contributed by atoms with Crippen LogP contribution in [0.3, 0.4) is 0 Å². The van der Waals surface area contributed by atoms with E-state index in [0.29, 0.717) is 19.7 Å². The van der Waals surface area contributed by atoms with Crippen molar-refractivity contribution in [2.45, 2.75) is 32.6 Å². The Kier molecular flexibility index (Phi) is 4.84. The van der Waals surface area contributed by atoms with Gasteiger partial charge in [0.1, 0.15) is 0 Å². The van der Waals surface area contributed by atoms with Crippen LogP contribution < -0.4 is 5.32 Å². The zero-order chi connectivity index (χ0) is 16.2. The number of likely N-dealkylation sites (tertiary alicyclic amines) is 1. The van der Waals surface area contributed by atoms with Gasteiger partial charge in [-0.2, -0.15) is 0 Å². The molecule has 23 heavy (non-hydrogen) atoms. The van der Waals surface area contributed by atoms with Crippen molar-refractivity contribution in [1.82, 2.24) is 4.90 Å². The summed E-state index contributed by atoms with van der Waals surface area (Å²) in [5.41, 5.74) is 2.96. The molecule has 5 heteroatoms. The first-order valence-corrected chi connectivity index (χ1v) is 8.52. The van der Waals surface area contributed by atoms with Crippen LogP contribution in [0.25, 0.3) is 0 Å². The number of fused-ring (bicyclic) bond motifs is 1. The third-order valence-corrected chi connectivity index (χ3v) is 4.65. The predicted molar refractivity (Wildman–Crippen MR) is 88.5 cm³/mol. The molecule has 1 aromatic carbocycles. The second kappa shape index (κ2) is 7.02. The molecule has 1 atom stereocenters. The highest BCUT2D eigenvalue weighted by atomic mass is 16.5. The number of benzene rings is 1. The summed E-state index contributed by atoms with van der Waals surface area (Å²) in [6, 6.07) is 5.86. The van der Waals surface area contributed by atoms with Gasteiger partial charge < -0.3 is 15.0 Å². The van der Waals surface area contributed by atoms with E-state index in [1.165, 1.54) is 0 Å². The molecule has 0 aliphatic carbocycles. The number of nitrogens with zero attached hydrogens (tertiary/aromatic N) is 1. The number of carbonyl (C=O) groups excluding carboxylic acids is 2. The molecular formula is C18H24N2O3. The minimum Gasteiger partial charge on any atom is -0.466 e. The summed E-state index contributed by atoms with van der Waals surface area (Å²) in [5, 5.41) is 3.36. The second-order valence-electron chi connectivity index (χ2n) is 6.20. The highest BCUT2D eigenvalue weighted by molar-refractivity contribution is 5.97. The zero-order valence-electron chi connectivity index (χ0n) is 13.6. The maximum Gasteiger partial charge on any atom is 0.310 e. The van der Waals surface area contributed by atoms with E-state index >= 15 is 0 Å². The van der Waals surface area contributed by atoms with Gasteiger partial charge in [-0.1, -0.05) is 6.07 Å². The molecular weight excluding hydrogens is 292 g/mol. The van der Waals surface area contributed by atoms with Crippen molar-refractivity contribution in [3.63, 3.8) is 0 Å². The molecule has 2 aliphatic rings. The zero-order valence-corrected chi connectivity index (χ0v) is 13.6. The van der Waals surface area contributed by atoms with E-state index in [4.69, 9.17) is 4.74 Å². The molecule has 1 unspecified atom stereocenters. The lowest BCUT2D eigenvalue weighted by molar-refractivity contribution is -0.149. The number of carbonyl (C=O) groups is 2. The van der Waals surface area contributed by atoms with Crippen molar-refractivity contribution in [2.75, 3.05) is 31.6 Å². The van der Waals surface area contributed by atoms with Gasteiger partial charge in [0.05, 0.1) is 12.5 Å². The summed E-state index contributed by atoms with van der Waals surface area (Å²) in [6.45, 7) is 4.34. The predicted octanol–water partition coefficient (Wildman–Crippen LogP) is 2.46. The molecule has 1 aromatic rings. The summed E-state index contributed by atoms with van der Waals surface area (Å²) >= 11 is 0. The van der Waals surface area contributed by atoms with Crippen LogP contribution in [0.15, 0.2) is 18.2 Å². The van der Waals surface area contributed by atoms with E-state index in [0.717, 1.165) is 49.0 Å². The Hall–Kier alpha value is -2.04. The largest absolute Gasteiger partial charge is 0.466 e. The molecule has 0 spiro atoms. The van der Waals surface area contributed by atoms with Gasteiger partial charge in [-0.25, -0.2) is 0 Å². The van der Waals surface area contributed by atoms with Crippen molar-refractivity contribution < 1.29 is 14.3 Å². The topological polar surface area (TPSA) is 58.6 Å². The smallest absolute Gasteiger partial charge is 0.310 e. The minimum absolute atomic E-state index is 0.0412. The van der Waals surface area contributed by atoms with Gasteiger partial charge in [0.15, 0.2) is 0 Å².